The van der Waals surface area contributed by atoms with Crippen molar-refractivity contribution in [2.45, 2.75) is 38.5 Å². The second-order valence-electron chi connectivity index (χ2n) is 9.47. The Morgan fingerprint density at radius 1 is 1.19 bits per heavy atom. The molecule has 1 fully saturated rings. The maximum absolute atomic E-state index is 13.8. The molecular weight excluding hydrogens is 470 g/mol. The lowest BCUT2D eigenvalue weighted by Gasteiger charge is -2.31. The van der Waals surface area contributed by atoms with Crippen LogP contribution < -0.4 is 10.9 Å². The van der Waals surface area contributed by atoms with E-state index in [1.54, 1.807) is 22.8 Å². The molecule has 190 valence electrons. The normalized spacial score (nSPS) is 23.1. The molecule has 5 atom stereocenters. The average Bonchev–Trinajstić information content (AvgIpc) is 3.46. The molecule has 1 saturated heterocycles. The fraction of sp³-hybridized carbons (Fsp3) is 0.321. The van der Waals surface area contributed by atoms with E-state index in [9.17, 15) is 19.5 Å². The van der Waals surface area contributed by atoms with Crippen molar-refractivity contribution in [1.29, 1.82) is 0 Å². The Labute approximate surface area is 214 Å². The Kier molecular flexibility index (Phi) is 6.71. The van der Waals surface area contributed by atoms with Crippen molar-refractivity contribution in [1.82, 2.24) is 24.8 Å². The summed E-state index contributed by atoms with van der Waals surface area (Å²) >= 11 is 0. The van der Waals surface area contributed by atoms with Crippen LogP contribution in [-0.2, 0) is 11.3 Å². The molecule has 2 aromatic heterocycles. The third-order valence-electron chi connectivity index (χ3n) is 7.40. The molecule has 0 spiro atoms. The fourth-order valence-electron chi connectivity index (χ4n) is 5.70. The Morgan fingerprint density at radius 3 is 2.65 bits per heavy atom. The van der Waals surface area contributed by atoms with Gasteiger partial charge in [-0.25, -0.2) is 4.98 Å². The first-order chi connectivity index (χ1) is 18.0. The third kappa shape index (κ3) is 4.25. The molecule has 9 nitrogen and oxygen atoms in total. The van der Waals surface area contributed by atoms with Crippen LogP contribution in [0.15, 0.2) is 71.9 Å². The highest BCUT2D eigenvalue weighted by Crippen LogP contribution is 2.49. The number of carbonyl (C=O) groups excluding carboxylic acids is 2. The summed E-state index contributed by atoms with van der Waals surface area (Å²) in [6.45, 7) is 3.71. The SMILES string of the molecule is C/C=C/c1ccc2n(c1=O)C[C@@H]1[C@@H](CO)[C@H](C(=O)N[C@H](C)c3ccccc3)N(C(=O)c3cnccn3)[C@H]21. The van der Waals surface area contributed by atoms with Crippen LogP contribution in [0.2, 0.25) is 0 Å². The Morgan fingerprint density at radius 2 is 1.97 bits per heavy atom. The molecule has 0 bridgehead atoms. The van der Waals surface area contributed by atoms with Gasteiger partial charge in [0.2, 0.25) is 5.91 Å². The van der Waals surface area contributed by atoms with Crippen LogP contribution in [0.1, 0.15) is 53.2 Å². The summed E-state index contributed by atoms with van der Waals surface area (Å²) in [4.78, 5) is 50.5. The number of nitrogens with zero attached hydrogens (tertiary/aromatic N) is 4. The number of nitrogens with one attached hydrogen (secondary N) is 1. The van der Waals surface area contributed by atoms with Crippen LogP contribution in [0.5, 0.6) is 0 Å². The van der Waals surface area contributed by atoms with Crippen molar-refractivity contribution in [3.63, 3.8) is 0 Å². The van der Waals surface area contributed by atoms with E-state index in [1.165, 1.54) is 23.5 Å². The van der Waals surface area contributed by atoms with Gasteiger partial charge in [0.1, 0.15) is 11.7 Å². The second-order valence-corrected chi connectivity index (χ2v) is 9.47. The van der Waals surface area contributed by atoms with Crippen LogP contribution >= 0.6 is 0 Å². The number of hydrogen-bond acceptors (Lipinski definition) is 6. The zero-order chi connectivity index (χ0) is 26.1. The molecular formula is C28H29N5O4. The number of aliphatic hydroxyl groups excluding tert-OH is 1. The number of likely N-dealkylation sites (tertiary alicyclic amines) is 1. The first kappa shape index (κ1) is 24.6. The smallest absolute Gasteiger partial charge is 0.275 e. The number of pyridine rings is 1. The third-order valence-corrected chi connectivity index (χ3v) is 7.40. The monoisotopic (exact) mass is 499 g/mol. The lowest BCUT2D eigenvalue weighted by atomic mass is 9.88. The molecule has 0 radical (unpaired) electrons. The summed E-state index contributed by atoms with van der Waals surface area (Å²) in [7, 11) is 0. The van der Waals surface area contributed by atoms with Gasteiger partial charge in [-0.15, -0.1) is 0 Å². The molecule has 37 heavy (non-hydrogen) atoms. The van der Waals surface area contributed by atoms with Crippen LogP contribution in [0, 0.1) is 11.8 Å². The minimum absolute atomic E-state index is 0.0973. The Balaban J connectivity index is 1.57. The Bertz CT molecular complexity index is 1390. The number of benzene rings is 1. The van der Waals surface area contributed by atoms with Crippen LogP contribution in [0.3, 0.4) is 0 Å². The molecule has 2 N–H and O–H groups in total. The van der Waals surface area contributed by atoms with Gasteiger partial charge >= 0.3 is 0 Å². The standard InChI is InChI=1S/C28H29N5O4/c1-3-7-19-10-11-23-24-20(15-32(23)27(19)36)21(16-34)25(33(24)28(37)22-14-29-12-13-30-22)26(35)31-17(2)18-8-5-4-6-9-18/h3-14,17,20-21,24-25,34H,15-16H2,1-2H3,(H,31,35)/b7-3+/t17-,20-,21-,24+,25-/m1/s1. The first-order valence-corrected chi connectivity index (χ1v) is 12.4. The van der Waals surface area contributed by atoms with Crippen molar-refractivity contribution >= 4 is 17.9 Å². The summed E-state index contributed by atoms with van der Waals surface area (Å²) in [6.07, 6.45) is 7.81. The number of allylic oxidation sites excluding steroid dienone is 1. The van der Waals surface area contributed by atoms with Gasteiger partial charge in [0, 0.05) is 48.6 Å². The topological polar surface area (TPSA) is 117 Å². The van der Waals surface area contributed by atoms with E-state index < -0.39 is 23.9 Å². The van der Waals surface area contributed by atoms with Crippen molar-refractivity contribution < 1.29 is 14.7 Å². The highest BCUT2D eigenvalue weighted by Gasteiger charge is 2.57. The lowest BCUT2D eigenvalue weighted by Crippen LogP contribution is -2.51. The van der Waals surface area contributed by atoms with Crippen molar-refractivity contribution in [2.24, 2.45) is 11.8 Å². The number of fused-ring (bicyclic) bond motifs is 3. The average molecular weight is 500 g/mol. The Hall–Kier alpha value is -4.11. The molecule has 0 saturated carbocycles. The minimum Gasteiger partial charge on any atom is -0.396 e. The van der Waals surface area contributed by atoms with E-state index in [4.69, 9.17) is 0 Å². The van der Waals surface area contributed by atoms with E-state index >= 15 is 0 Å². The van der Waals surface area contributed by atoms with Gasteiger partial charge in [-0.05, 0) is 31.5 Å². The number of rotatable bonds is 6. The molecule has 9 heteroatoms. The number of hydrogen-bond donors (Lipinski definition) is 2. The number of aromatic nitrogens is 3. The van der Waals surface area contributed by atoms with Gasteiger partial charge in [-0.3, -0.25) is 19.4 Å². The molecule has 2 amide bonds. The minimum atomic E-state index is -0.945. The summed E-state index contributed by atoms with van der Waals surface area (Å²) in [6, 6.07) is 11.3. The van der Waals surface area contributed by atoms with Gasteiger partial charge in [-0.2, -0.15) is 0 Å². The van der Waals surface area contributed by atoms with E-state index in [-0.39, 0.29) is 35.7 Å². The highest BCUT2D eigenvalue weighted by molar-refractivity contribution is 5.97. The van der Waals surface area contributed by atoms with Crippen LogP contribution in [0.25, 0.3) is 6.08 Å². The fourth-order valence-corrected chi connectivity index (χ4v) is 5.70. The van der Waals surface area contributed by atoms with Crippen molar-refractivity contribution in [3.05, 3.63) is 100.0 Å². The number of amides is 2. The van der Waals surface area contributed by atoms with E-state index in [2.05, 4.69) is 15.3 Å². The zero-order valence-electron chi connectivity index (χ0n) is 20.7. The number of aliphatic hydroxyl groups is 1. The summed E-state index contributed by atoms with van der Waals surface area (Å²) in [5, 5.41) is 13.5. The first-order valence-electron chi connectivity index (χ1n) is 12.4. The molecule has 1 aromatic carbocycles. The van der Waals surface area contributed by atoms with Crippen molar-refractivity contribution in [3.8, 4) is 0 Å². The molecule has 0 aliphatic carbocycles. The maximum atomic E-state index is 13.8. The van der Waals surface area contributed by atoms with Gasteiger partial charge in [0.05, 0.1) is 18.3 Å². The maximum Gasteiger partial charge on any atom is 0.275 e. The number of carbonyl (C=O) groups is 2. The van der Waals surface area contributed by atoms with E-state index in [0.717, 1.165) is 5.56 Å². The molecule has 4 heterocycles. The second kappa shape index (κ2) is 10.1. The highest BCUT2D eigenvalue weighted by atomic mass is 16.3. The van der Waals surface area contributed by atoms with Gasteiger partial charge in [0.25, 0.3) is 11.5 Å². The van der Waals surface area contributed by atoms with E-state index in [1.807, 2.05) is 50.2 Å². The summed E-state index contributed by atoms with van der Waals surface area (Å²) in [5.41, 5.74) is 2.05. The summed E-state index contributed by atoms with van der Waals surface area (Å²) in [5.74, 6) is -1.72. The quantitative estimate of drug-likeness (QED) is 0.538. The van der Waals surface area contributed by atoms with Crippen LogP contribution in [0.4, 0.5) is 0 Å². The van der Waals surface area contributed by atoms with Gasteiger partial charge in [-0.1, -0.05) is 42.5 Å². The van der Waals surface area contributed by atoms with E-state index in [0.29, 0.717) is 17.8 Å². The molecule has 0 unspecified atom stereocenters. The molecule has 2 aliphatic heterocycles. The van der Waals surface area contributed by atoms with Gasteiger partial charge in [0.15, 0.2) is 0 Å². The summed E-state index contributed by atoms with van der Waals surface area (Å²) < 4.78 is 1.66. The van der Waals surface area contributed by atoms with Crippen molar-refractivity contribution in [2.75, 3.05) is 6.61 Å². The largest absolute Gasteiger partial charge is 0.396 e. The molecule has 5 rings (SSSR count). The molecule has 2 aliphatic rings. The molecule has 3 aromatic rings. The lowest BCUT2D eigenvalue weighted by molar-refractivity contribution is -0.127. The predicted molar refractivity (Wildman–Crippen MR) is 137 cm³/mol. The van der Waals surface area contributed by atoms with Crippen LogP contribution in [-0.4, -0.2) is 49.0 Å². The zero-order valence-corrected chi connectivity index (χ0v) is 20.7. The van der Waals surface area contributed by atoms with Gasteiger partial charge < -0.3 is 19.9 Å². The predicted octanol–water partition coefficient (Wildman–Crippen LogP) is 2.35.